The molecule has 2 heterocycles. The van der Waals surface area contributed by atoms with Gasteiger partial charge in [-0.1, -0.05) is 30.3 Å². The number of nitrogens with zero attached hydrogens (tertiary/aromatic N) is 3. The van der Waals surface area contributed by atoms with Gasteiger partial charge in [-0.25, -0.2) is 9.37 Å². The van der Waals surface area contributed by atoms with Crippen molar-refractivity contribution < 1.29 is 9.18 Å². The Bertz CT molecular complexity index is 962. The quantitative estimate of drug-likeness (QED) is 0.679. The Morgan fingerprint density at radius 2 is 1.96 bits per heavy atom. The number of hydrogen-bond acceptors (Lipinski definition) is 2. The van der Waals surface area contributed by atoms with E-state index in [4.69, 9.17) is 4.98 Å². The molecule has 0 unspecified atom stereocenters. The molecule has 0 radical (unpaired) electrons. The standard InChI is InChI=1S/C20H18FN3O/c1-2-11-23-18-10-6-4-8-16(18)22-20(23)14-12-19(25)24(13-14)17-9-5-3-7-15(17)21/h2-10,14H,1,11-13H2/t14-/m0/s1. The summed E-state index contributed by atoms with van der Waals surface area (Å²) in [4.78, 5) is 18.8. The summed E-state index contributed by atoms with van der Waals surface area (Å²) in [7, 11) is 0. The molecule has 0 bridgehead atoms. The first-order valence-electron chi connectivity index (χ1n) is 8.30. The van der Waals surface area contributed by atoms with E-state index in [2.05, 4.69) is 11.1 Å². The number of fused-ring (bicyclic) bond motifs is 1. The molecule has 126 valence electrons. The van der Waals surface area contributed by atoms with E-state index in [0.29, 0.717) is 25.2 Å². The zero-order valence-electron chi connectivity index (χ0n) is 13.7. The van der Waals surface area contributed by atoms with Gasteiger partial charge in [0, 0.05) is 25.4 Å². The number of allylic oxidation sites excluding steroid dienone is 1. The van der Waals surface area contributed by atoms with Crippen LogP contribution in [0.25, 0.3) is 11.0 Å². The maximum atomic E-state index is 14.1. The molecule has 1 aliphatic rings. The lowest BCUT2D eigenvalue weighted by molar-refractivity contribution is -0.117. The van der Waals surface area contributed by atoms with Crippen molar-refractivity contribution in [2.75, 3.05) is 11.4 Å². The minimum atomic E-state index is -0.379. The fraction of sp³-hybridized carbons (Fsp3) is 0.200. The summed E-state index contributed by atoms with van der Waals surface area (Å²) in [6.45, 7) is 4.88. The maximum Gasteiger partial charge on any atom is 0.227 e. The predicted octanol–water partition coefficient (Wildman–Crippen LogP) is 3.88. The molecule has 0 aliphatic carbocycles. The van der Waals surface area contributed by atoms with Gasteiger partial charge in [-0.3, -0.25) is 4.79 Å². The van der Waals surface area contributed by atoms with Gasteiger partial charge in [0.05, 0.1) is 16.7 Å². The van der Waals surface area contributed by atoms with Crippen LogP contribution < -0.4 is 4.90 Å². The second-order valence-corrected chi connectivity index (χ2v) is 6.21. The van der Waals surface area contributed by atoms with Crippen molar-refractivity contribution in [2.45, 2.75) is 18.9 Å². The van der Waals surface area contributed by atoms with Crippen molar-refractivity contribution in [3.8, 4) is 0 Å². The van der Waals surface area contributed by atoms with Gasteiger partial charge in [0.15, 0.2) is 0 Å². The van der Waals surface area contributed by atoms with E-state index in [1.54, 1.807) is 18.2 Å². The zero-order chi connectivity index (χ0) is 17.4. The first-order chi connectivity index (χ1) is 12.2. The minimum absolute atomic E-state index is 0.0699. The van der Waals surface area contributed by atoms with Crippen LogP contribution in [0.2, 0.25) is 0 Å². The normalized spacial score (nSPS) is 17.4. The topological polar surface area (TPSA) is 38.1 Å². The summed E-state index contributed by atoms with van der Waals surface area (Å²) in [5, 5.41) is 0. The largest absolute Gasteiger partial charge is 0.324 e. The highest BCUT2D eigenvalue weighted by Gasteiger charge is 2.35. The van der Waals surface area contributed by atoms with Crippen LogP contribution in [-0.2, 0) is 11.3 Å². The number of amides is 1. The average Bonchev–Trinajstić information content (AvgIpc) is 3.17. The second-order valence-electron chi connectivity index (χ2n) is 6.21. The Morgan fingerprint density at radius 3 is 2.76 bits per heavy atom. The van der Waals surface area contributed by atoms with Gasteiger partial charge < -0.3 is 9.47 Å². The monoisotopic (exact) mass is 335 g/mol. The fourth-order valence-electron chi connectivity index (χ4n) is 3.51. The van der Waals surface area contributed by atoms with E-state index in [1.807, 2.05) is 30.3 Å². The Balaban J connectivity index is 1.73. The first-order valence-corrected chi connectivity index (χ1v) is 8.30. The molecule has 0 spiro atoms. The summed E-state index contributed by atoms with van der Waals surface area (Å²) in [5.74, 6) is 0.330. The Kier molecular flexibility index (Phi) is 3.84. The third-order valence-electron chi connectivity index (χ3n) is 4.63. The van der Waals surface area contributed by atoms with Gasteiger partial charge >= 0.3 is 0 Å². The van der Waals surface area contributed by atoms with Gasteiger partial charge in [-0.2, -0.15) is 0 Å². The smallest absolute Gasteiger partial charge is 0.227 e. The maximum absolute atomic E-state index is 14.1. The van der Waals surface area contributed by atoms with Crippen molar-refractivity contribution in [1.29, 1.82) is 0 Å². The van der Waals surface area contributed by atoms with E-state index < -0.39 is 0 Å². The van der Waals surface area contributed by atoms with Crippen LogP contribution in [0.1, 0.15) is 18.2 Å². The molecule has 4 rings (SSSR count). The predicted molar refractivity (Wildman–Crippen MR) is 96.0 cm³/mol. The van der Waals surface area contributed by atoms with Crippen molar-refractivity contribution >= 4 is 22.6 Å². The summed E-state index contributed by atoms with van der Waals surface area (Å²) in [6.07, 6.45) is 2.15. The minimum Gasteiger partial charge on any atom is -0.324 e. The molecular weight excluding hydrogens is 317 g/mol. The van der Waals surface area contributed by atoms with E-state index >= 15 is 0 Å². The number of carbonyl (C=O) groups is 1. The average molecular weight is 335 g/mol. The third kappa shape index (κ3) is 2.61. The molecule has 2 aromatic carbocycles. The summed E-state index contributed by atoms with van der Waals surface area (Å²) in [6, 6.07) is 14.3. The number of aromatic nitrogens is 2. The Morgan fingerprint density at radius 1 is 1.20 bits per heavy atom. The van der Waals surface area contributed by atoms with E-state index in [1.165, 1.54) is 11.0 Å². The van der Waals surface area contributed by atoms with Crippen LogP contribution in [0.3, 0.4) is 0 Å². The second kappa shape index (κ2) is 6.16. The summed E-state index contributed by atoms with van der Waals surface area (Å²) < 4.78 is 16.2. The number of benzene rings is 2. The molecule has 0 saturated carbocycles. The molecule has 5 heteroatoms. The lowest BCUT2D eigenvalue weighted by atomic mass is 10.1. The molecule has 1 fully saturated rings. The van der Waals surface area contributed by atoms with Crippen LogP contribution in [0.5, 0.6) is 0 Å². The molecular formula is C20H18FN3O. The van der Waals surface area contributed by atoms with Crippen molar-refractivity contribution in [3.05, 3.63) is 72.8 Å². The van der Waals surface area contributed by atoms with Crippen molar-refractivity contribution in [3.63, 3.8) is 0 Å². The molecule has 4 nitrogen and oxygen atoms in total. The van der Waals surface area contributed by atoms with Crippen LogP contribution in [0, 0.1) is 5.82 Å². The van der Waals surface area contributed by atoms with E-state index in [-0.39, 0.29) is 17.6 Å². The number of carbonyl (C=O) groups excluding carboxylic acids is 1. The number of rotatable bonds is 4. The lowest BCUT2D eigenvalue weighted by Gasteiger charge is -2.17. The Hall–Kier alpha value is -2.95. The van der Waals surface area contributed by atoms with Gasteiger partial charge in [0.2, 0.25) is 5.91 Å². The van der Waals surface area contributed by atoms with Gasteiger partial charge in [0.1, 0.15) is 11.6 Å². The third-order valence-corrected chi connectivity index (χ3v) is 4.63. The molecule has 0 N–H and O–H groups in total. The van der Waals surface area contributed by atoms with Gasteiger partial charge in [0.25, 0.3) is 0 Å². The molecule has 1 atom stereocenters. The first kappa shape index (κ1) is 15.6. The van der Waals surface area contributed by atoms with E-state index in [9.17, 15) is 9.18 Å². The zero-order valence-corrected chi connectivity index (χ0v) is 13.7. The van der Waals surface area contributed by atoms with Gasteiger partial charge in [-0.15, -0.1) is 6.58 Å². The molecule has 1 aliphatic heterocycles. The van der Waals surface area contributed by atoms with Crippen LogP contribution in [0.15, 0.2) is 61.2 Å². The summed E-state index contributed by atoms with van der Waals surface area (Å²) in [5.41, 5.74) is 2.26. The van der Waals surface area contributed by atoms with Crippen LogP contribution >= 0.6 is 0 Å². The molecule has 3 aromatic rings. The highest BCUT2D eigenvalue weighted by molar-refractivity contribution is 5.96. The number of imidazole rings is 1. The van der Waals surface area contributed by atoms with E-state index in [0.717, 1.165) is 16.9 Å². The summed E-state index contributed by atoms with van der Waals surface area (Å²) >= 11 is 0. The molecule has 25 heavy (non-hydrogen) atoms. The molecule has 1 amide bonds. The lowest BCUT2D eigenvalue weighted by Crippen LogP contribution is -2.25. The molecule has 1 saturated heterocycles. The number of halogens is 1. The van der Waals surface area contributed by atoms with Crippen LogP contribution in [0.4, 0.5) is 10.1 Å². The number of anilines is 1. The van der Waals surface area contributed by atoms with Crippen LogP contribution in [-0.4, -0.2) is 22.0 Å². The number of para-hydroxylation sites is 3. The number of hydrogen-bond donors (Lipinski definition) is 0. The highest BCUT2D eigenvalue weighted by atomic mass is 19.1. The highest BCUT2D eigenvalue weighted by Crippen LogP contribution is 2.34. The van der Waals surface area contributed by atoms with Crippen molar-refractivity contribution in [1.82, 2.24) is 9.55 Å². The fourth-order valence-corrected chi connectivity index (χ4v) is 3.51. The van der Waals surface area contributed by atoms with Crippen molar-refractivity contribution in [2.24, 2.45) is 0 Å². The Labute approximate surface area is 145 Å². The molecule has 1 aromatic heterocycles. The SMILES string of the molecule is C=CCn1c([C@H]2CC(=O)N(c3ccccc3F)C2)nc2ccccc21. The van der Waals surface area contributed by atoms with Gasteiger partial charge in [-0.05, 0) is 24.3 Å².